The first-order valence-corrected chi connectivity index (χ1v) is 7.77. The van der Waals surface area contributed by atoms with E-state index >= 15 is 0 Å². The van der Waals surface area contributed by atoms with Crippen LogP contribution >= 0.6 is 22.6 Å². The summed E-state index contributed by atoms with van der Waals surface area (Å²) in [5.41, 5.74) is 3.15. The topological polar surface area (TPSA) is 20.3 Å². The summed E-state index contributed by atoms with van der Waals surface area (Å²) in [5.74, 6) is 0.142. The molecular formula is C17H18INO. The van der Waals surface area contributed by atoms with Crippen molar-refractivity contribution in [1.29, 1.82) is 0 Å². The number of benzene rings is 2. The third kappa shape index (κ3) is 3.82. The first-order chi connectivity index (χ1) is 9.60. The second kappa shape index (κ2) is 6.88. The summed E-state index contributed by atoms with van der Waals surface area (Å²) in [5, 5.41) is 0. The van der Waals surface area contributed by atoms with Crippen molar-refractivity contribution >= 4 is 34.1 Å². The molecule has 104 valence electrons. The predicted octanol–water partition coefficient (Wildman–Crippen LogP) is 4.17. The Labute approximate surface area is 133 Å². The molecule has 2 aromatic carbocycles. The maximum absolute atomic E-state index is 12.2. The van der Waals surface area contributed by atoms with Gasteiger partial charge < -0.3 is 4.90 Å². The van der Waals surface area contributed by atoms with Crippen molar-refractivity contribution in [2.24, 2.45) is 0 Å². The highest BCUT2D eigenvalue weighted by Crippen LogP contribution is 2.15. The van der Waals surface area contributed by atoms with Crippen LogP contribution in [0.1, 0.15) is 22.8 Å². The fourth-order valence-electron chi connectivity index (χ4n) is 2.02. The minimum Gasteiger partial charge on any atom is -0.367 e. The van der Waals surface area contributed by atoms with Gasteiger partial charge in [-0.05, 0) is 58.8 Å². The Kier molecular flexibility index (Phi) is 5.17. The van der Waals surface area contributed by atoms with Crippen LogP contribution in [0.15, 0.2) is 48.5 Å². The highest BCUT2D eigenvalue weighted by Gasteiger charge is 2.09. The average Bonchev–Trinajstić information content (AvgIpc) is 2.48. The fourth-order valence-corrected chi connectivity index (χ4v) is 2.38. The van der Waals surface area contributed by atoms with Crippen molar-refractivity contribution in [3.63, 3.8) is 0 Å². The van der Waals surface area contributed by atoms with E-state index in [0.29, 0.717) is 6.54 Å². The molecule has 0 unspecified atom stereocenters. The first kappa shape index (κ1) is 15.0. The molecule has 0 aliphatic carbocycles. The number of rotatable bonds is 5. The average molecular weight is 379 g/mol. The maximum Gasteiger partial charge on any atom is 0.182 e. The van der Waals surface area contributed by atoms with Crippen LogP contribution in [0.5, 0.6) is 0 Å². The molecule has 0 atom stereocenters. The minimum atomic E-state index is 0.142. The van der Waals surface area contributed by atoms with Gasteiger partial charge in [0.05, 0.1) is 6.54 Å². The fraction of sp³-hybridized carbons (Fsp3) is 0.235. The van der Waals surface area contributed by atoms with Crippen molar-refractivity contribution in [1.82, 2.24) is 0 Å². The standard InChI is InChI=1S/C17H18INO/c1-3-13-4-10-16(11-5-13)19(2)12-17(20)14-6-8-15(18)9-7-14/h4-11H,3,12H2,1-2H3. The van der Waals surface area contributed by atoms with Gasteiger partial charge in [-0.1, -0.05) is 31.2 Å². The van der Waals surface area contributed by atoms with Crippen LogP contribution < -0.4 is 4.90 Å². The molecule has 0 radical (unpaired) electrons. The predicted molar refractivity (Wildman–Crippen MR) is 92.6 cm³/mol. The van der Waals surface area contributed by atoms with E-state index in [1.165, 1.54) is 5.56 Å². The summed E-state index contributed by atoms with van der Waals surface area (Å²) >= 11 is 2.24. The van der Waals surface area contributed by atoms with E-state index in [-0.39, 0.29) is 5.78 Å². The highest BCUT2D eigenvalue weighted by atomic mass is 127. The molecular weight excluding hydrogens is 361 g/mol. The van der Waals surface area contributed by atoms with Crippen LogP contribution in [0.3, 0.4) is 0 Å². The van der Waals surface area contributed by atoms with E-state index in [1.54, 1.807) is 0 Å². The van der Waals surface area contributed by atoms with Gasteiger partial charge in [0, 0.05) is 21.9 Å². The molecule has 0 aliphatic heterocycles. The Morgan fingerprint density at radius 1 is 1.05 bits per heavy atom. The van der Waals surface area contributed by atoms with Crippen molar-refractivity contribution in [3.8, 4) is 0 Å². The largest absolute Gasteiger partial charge is 0.367 e. The Balaban J connectivity index is 2.04. The molecule has 2 aromatic rings. The molecule has 2 rings (SSSR count). The summed E-state index contributed by atoms with van der Waals surface area (Å²) in [6.07, 6.45) is 1.03. The zero-order chi connectivity index (χ0) is 14.5. The molecule has 2 nitrogen and oxygen atoms in total. The first-order valence-electron chi connectivity index (χ1n) is 6.69. The van der Waals surface area contributed by atoms with Gasteiger partial charge in [-0.3, -0.25) is 4.79 Å². The van der Waals surface area contributed by atoms with Gasteiger partial charge in [-0.15, -0.1) is 0 Å². The van der Waals surface area contributed by atoms with Crippen LogP contribution in [0.2, 0.25) is 0 Å². The highest BCUT2D eigenvalue weighted by molar-refractivity contribution is 14.1. The smallest absolute Gasteiger partial charge is 0.182 e. The number of anilines is 1. The summed E-state index contributed by atoms with van der Waals surface area (Å²) in [6.45, 7) is 2.53. The van der Waals surface area contributed by atoms with E-state index < -0.39 is 0 Å². The van der Waals surface area contributed by atoms with Crippen LogP contribution in [0.25, 0.3) is 0 Å². The molecule has 0 spiro atoms. The van der Waals surface area contributed by atoms with Gasteiger partial charge in [0.2, 0.25) is 0 Å². The second-order valence-electron chi connectivity index (χ2n) is 4.81. The molecule has 0 fully saturated rings. The lowest BCUT2D eigenvalue weighted by molar-refractivity contribution is 0.100. The van der Waals surface area contributed by atoms with E-state index in [2.05, 4.69) is 53.8 Å². The number of aryl methyl sites for hydroxylation is 1. The maximum atomic E-state index is 12.2. The number of hydrogen-bond acceptors (Lipinski definition) is 2. The molecule has 0 aliphatic rings. The molecule has 0 amide bonds. The summed E-state index contributed by atoms with van der Waals surface area (Å²) in [4.78, 5) is 14.2. The quantitative estimate of drug-likeness (QED) is 0.574. The van der Waals surface area contributed by atoms with Crippen LogP contribution in [-0.4, -0.2) is 19.4 Å². The van der Waals surface area contributed by atoms with Gasteiger partial charge >= 0.3 is 0 Å². The zero-order valence-electron chi connectivity index (χ0n) is 11.8. The third-order valence-electron chi connectivity index (χ3n) is 3.33. The number of halogens is 1. The Morgan fingerprint density at radius 3 is 2.20 bits per heavy atom. The second-order valence-corrected chi connectivity index (χ2v) is 6.05. The number of hydrogen-bond donors (Lipinski definition) is 0. The molecule has 3 heteroatoms. The number of Topliss-reactive ketones (excluding diaryl/α,β-unsaturated/α-hetero) is 1. The normalized spacial score (nSPS) is 10.3. The molecule has 0 bridgehead atoms. The number of likely N-dealkylation sites (N-methyl/N-ethyl adjacent to an activating group) is 1. The monoisotopic (exact) mass is 379 g/mol. The van der Waals surface area contributed by atoms with Crippen LogP contribution in [-0.2, 0) is 6.42 Å². The van der Waals surface area contributed by atoms with E-state index in [4.69, 9.17) is 0 Å². The van der Waals surface area contributed by atoms with Gasteiger partial charge in [0.15, 0.2) is 5.78 Å². The molecule has 0 aromatic heterocycles. The molecule has 0 N–H and O–H groups in total. The van der Waals surface area contributed by atoms with Crippen LogP contribution in [0, 0.1) is 3.57 Å². The minimum absolute atomic E-state index is 0.142. The molecule has 0 heterocycles. The van der Waals surface area contributed by atoms with Crippen molar-refractivity contribution in [3.05, 3.63) is 63.2 Å². The molecule has 0 saturated carbocycles. The number of carbonyl (C=O) groups excluding carboxylic acids is 1. The summed E-state index contributed by atoms with van der Waals surface area (Å²) in [7, 11) is 1.95. The Morgan fingerprint density at radius 2 is 1.65 bits per heavy atom. The Hall–Kier alpha value is -1.36. The molecule has 0 saturated heterocycles. The SMILES string of the molecule is CCc1ccc(N(C)CC(=O)c2ccc(I)cc2)cc1. The lowest BCUT2D eigenvalue weighted by Crippen LogP contribution is -2.25. The van der Waals surface area contributed by atoms with Crippen molar-refractivity contribution in [2.45, 2.75) is 13.3 Å². The van der Waals surface area contributed by atoms with Gasteiger partial charge in [0.25, 0.3) is 0 Å². The van der Waals surface area contributed by atoms with E-state index in [1.807, 2.05) is 36.2 Å². The lowest BCUT2D eigenvalue weighted by Gasteiger charge is -2.18. The van der Waals surface area contributed by atoms with Crippen molar-refractivity contribution < 1.29 is 4.79 Å². The van der Waals surface area contributed by atoms with E-state index in [0.717, 1.165) is 21.2 Å². The van der Waals surface area contributed by atoms with Crippen LogP contribution in [0.4, 0.5) is 5.69 Å². The number of nitrogens with zero attached hydrogens (tertiary/aromatic N) is 1. The van der Waals surface area contributed by atoms with E-state index in [9.17, 15) is 4.79 Å². The third-order valence-corrected chi connectivity index (χ3v) is 4.05. The molecule has 20 heavy (non-hydrogen) atoms. The Bertz CT molecular complexity index is 575. The lowest BCUT2D eigenvalue weighted by atomic mass is 10.1. The van der Waals surface area contributed by atoms with Gasteiger partial charge in [-0.2, -0.15) is 0 Å². The summed E-state index contributed by atoms with van der Waals surface area (Å²) in [6, 6.07) is 16.1. The van der Waals surface area contributed by atoms with Crippen molar-refractivity contribution in [2.75, 3.05) is 18.5 Å². The van der Waals surface area contributed by atoms with Gasteiger partial charge in [-0.25, -0.2) is 0 Å². The number of ketones is 1. The summed E-state index contributed by atoms with van der Waals surface area (Å²) < 4.78 is 1.14. The number of carbonyl (C=O) groups is 1. The van der Waals surface area contributed by atoms with Gasteiger partial charge in [0.1, 0.15) is 0 Å². The zero-order valence-corrected chi connectivity index (χ0v) is 13.9.